The lowest BCUT2D eigenvalue weighted by atomic mass is 9.77. The molecule has 1 saturated heterocycles. The Morgan fingerprint density at radius 1 is 1.27 bits per heavy atom. The van der Waals surface area contributed by atoms with Gasteiger partial charge in [0, 0.05) is 13.1 Å². The van der Waals surface area contributed by atoms with Gasteiger partial charge in [0.25, 0.3) is 0 Å². The van der Waals surface area contributed by atoms with E-state index < -0.39 is 13.2 Å². The number of hydrogen-bond donors (Lipinski definition) is 3. The molecule has 1 aliphatic heterocycles. The van der Waals surface area contributed by atoms with E-state index in [9.17, 15) is 0 Å². The maximum absolute atomic E-state index is 8.90. The van der Waals surface area contributed by atoms with E-state index in [1.165, 1.54) is 0 Å². The van der Waals surface area contributed by atoms with Gasteiger partial charge >= 0.3 is 7.12 Å². The van der Waals surface area contributed by atoms with E-state index in [4.69, 9.17) is 24.7 Å². The zero-order valence-electron chi connectivity index (χ0n) is 13.5. The van der Waals surface area contributed by atoms with E-state index in [2.05, 4.69) is 0 Å². The second-order valence-corrected chi connectivity index (χ2v) is 5.42. The van der Waals surface area contributed by atoms with Crippen LogP contribution in [0.5, 0.6) is 0 Å². The van der Waals surface area contributed by atoms with Gasteiger partial charge in [-0.15, -0.1) is 0 Å². The van der Waals surface area contributed by atoms with Crippen molar-refractivity contribution in [1.29, 1.82) is 0 Å². The number of benzene rings is 1. The van der Waals surface area contributed by atoms with Crippen molar-refractivity contribution in [2.45, 2.75) is 26.9 Å². The average Bonchev–Trinajstić information content (AvgIpc) is 2.49. The number of rotatable bonds is 4. The van der Waals surface area contributed by atoms with Crippen LogP contribution in [0.1, 0.15) is 18.1 Å². The summed E-state index contributed by atoms with van der Waals surface area (Å²) in [6, 6.07) is 5.60. The van der Waals surface area contributed by atoms with Gasteiger partial charge in [0.05, 0.1) is 25.9 Å². The van der Waals surface area contributed by atoms with Crippen LogP contribution in [0.25, 0.3) is 0 Å². The van der Waals surface area contributed by atoms with Crippen LogP contribution in [0.2, 0.25) is 0 Å². The van der Waals surface area contributed by atoms with E-state index in [0.29, 0.717) is 12.1 Å². The molecule has 1 aromatic carbocycles. The normalized spacial score (nSPS) is 16.6. The van der Waals surface area contributed by atoms with E-state index >= 15 is 0 Å². The lowest BCUT2D eigenvalue weighted by Crippen LogP contribution is -2.37. The third-order valence-corrected chi connectivity index (χ3v) is 3.18. The number of hydroxylamine groups is 2. The van der Waals surface area contributed by atoms with Gasteiger partial charge in [0.1, 0.15) is 0 Å². The predicted molar refractivity (Wildman–Crippen MR) is 85.8 cm³/mol. The Morgan fingerprint density at radius 2 is 1.91 bits per heavy atom. The number of aryl methyl sites for hydroxylation is 2. The Kier molecular flexibility index (Phi) is 8.63. The van der Waals surface area contributed by atoms with Crippen LogP contribution in [-0.4, -0.2) is 66.4 Å². The Balaban J connectivity index is 0.000000220. The number of aliphatic hydroxyl groups excluding tert-OH is 1. The SMILES string of the molecule is CC(O)CON1CCOCC1.Cc1ccc(C)c(B(O)O)c1. The molecule has 1 unspecified atom stereocenters. The van der Waals surface area contributed by atoms with Gasteiger partial charge in [-0.25, -0.2) is 0 Å². The quantitative estimate of drug-likeness (QED) is 0.657. The lowest BCUT2D eigenvalue weighted by Gasteiger charge is -2.26. The first kappa shape index (κ1) is 19.1. The van der Waals surface area contributed by atoms with Gasteiger partial charge in [0.2, 0.25) is 0 Å². The number of ether oxygens (including phenoxy) is 1. The molecular weight excluding hydrogens is 285 g/mol. The minimum atomic E-state index is -1.35. The summed E-state index contributed by atoms with van der Waals surface area (Å²) in [5.41, 5.74) is 2.54. The minimum Gasteiger partial charge on any atom is -0.423 e. The second-order valence-electron chi connectivity index (χ2n) is 5.42. The molecule has 1 atom stereocenters. The van der Waals surface area contributed by atoms with Gasteiger partial charge in [-0.1, -0.05) is 29.3 Å². The monoisotopic (exact) mass is 311 g/mol. The largest absolute Gasteiger partial charge is 0.488 e. The zero-order chi connectivity index (χ0) is 16.5. The number of aliphatic hydroxyl groups is 1. The van der Waals surface area contributed by atoms with Gasteiger partial charge in [0.15, 0.2) is 0 Å². The molecule has 0 radical (unpaired) electrons. The molecule has 3 N–H and O–H groups in total. The van der Waals surface area contributed by atoms with E-state index in [1.807, 2.05) is 31.0 Å². The fourth-order valence-corrected chi connectivity index (χ4v) is 1.93. The standard InChI is InChI=1S/C8H11BO2.C7H15NO3/c1-6-3-4-7(2)8(5-6)9(10)11;1-7(9)6-11-8-2-4-10-5-3-8/h3-5,10-11H,1-2H3;7,9H,2-6H2,1H3. The molecule has 1 aromatic rings. The van der Waals surface area contributed by atoms with Crippen LogP contribution in [-0.2, 0) is 9.57 Å². The molecule has 0 aliphatic carbocycles. The second kappa shape index (κ2) is 9.94. The van der Waals surface area contributed by atoms with E-state index in [0.717, 1.165) is 37.4 Å². The van der Waals surface area contributed by atoms with Crippen molar-refractivity contribution in [3.05, 3.63) is 29.3 Å². The summed E-state index contributed by atoms with van der Waals surface area (Å²) in [5, 5.41) is 28.5. The highest BCUT2D eigenvalue weighted by Crippen LogP contribution is 1.99. The Hall–Kier alpha value is -0.955. The first-order valence-electron chi connectivity index (χ1n) is 7.47. The summed E-state index contributed by atoms with van der Waals surface area (Å²) < 4.78 is 5.12. The maximum atomic E-state index is 8.90. The van der Waals surface area contributed by atoms with Crippen molar-refractivity contribution in [2.75, 3.05) is 32.9 Å². The minimum absolute atomic E-state index is 0.375. The molecule has 124 valence electrons. The first-order valence-corrected chi connectivity index (χ1v) is 7.47. The van der Waals surface area contributed by atoms with E-state index in [1.54, 1.807) is 13.0 Å². The summed E-state index contributed by atoms with van der Waals surface area (Å²) in [7, 11) is -1.35. The fourth-order valence-electron chi connectivity index (χ4n) is 1.93. The molecule has 0 saturated carbocycles. The van der Waals surface area contributed by atoms with Crippen molar-refractivity contribution < 1.29 is 24.7 Å². The molecule has 0 aromatic heterocycles. The first-order chi connectivity index (χ1) is 10.4. The van der Waals surface area contributed by atoms with Crippen molar-refractivity contribution >= 4 is 12.6 Å². The highest BCUT2D eigenvalue weighted by molar-refractivity contribution is 6.59. The highest BCUT2D eigenvalue weighted by atomic mass is 16.7. The molecule has 6 nitrogen and oxygen atoms in total. The van der Waals surface area contributed by atoms with Crippen LogP contribution in [0.15, 0.2) is 18.2 Å². The third kappa shape index (κ3) is 7.35. The molecule has 0 amide bonds. The van der Waals surface area contributed by atoms with Gasteiger partial charge in [-0.3, -0.25) is 4.84 Å². The highest BCUT2D eigenvalue weighted by Gasteiger charge is 2.13. The molecule has 7 heteroatoms. The predicted octanol–water partition coefficient (Wildman–Crippen LogP) is -0.386. The summed E-state index contributed by atoms with van der Waals surface area (Å²) in [4.78, 5) is 5.25. The van der Waals surface area contributed by atoms with Crippen LogP contribution in [0.4, 0.5) is 0 Å². The van der Waals surface area contributed by atoms with Gasteiger partial charge in [-0.05, 0) is 26.2 Å². The topological polar surface area (TPSA) is 82.4 Å². The summed E-state index contributed by atoms with van der Waals surface area (Å²) >= 11 is 0. The summed E-state index contributed by atoms with van der Waals surface area (Å²) in [6.45, 7) is 8.90. The van der Waals surface area contributed by atoms with Gasteiger partial charge in [-0.2, -0.15) is 5.06 Å². The molecule has 0 bridgehead atoms. The molecule has 1 aliphatic rings. The van der Waals surface area contributed by atoms with Crippen LogP contribution < -0.4 is 5.46 Å². The average molecular weight is 311 g/mol. The fraction of sp³-hybridized carbons (Fsp3) is 0.600. The summed E-state index contributed by atoms with van der Waals surface area (Å²) in [5.74, 6) is 0. The molecule has 22 heavy (non-hydrogen) atoms. The third-order valence-electron chi connectivity index (χ3n) is 3.18. The molecule has 1 fully saturated rings. The Morgan fingerprint density at radius 3 is 2.41 bits per heavy atom. The number of hydrogen-bond acceptors (Lipinski definition) is 6. The number of morpholine rings is 1. The van der Waals surface area contributed by atoms with Crippen LogP contribution in [0, 0.1) is 13.8 Å². The smallest absolute Gasteiger partial charge is 0.423 e. The Bertz CT molecular complexity index is 436. The Labute approximate surface area is 132 Å². The molecule has 1 heterocycles. The van der Waals surface area contributed by atoms with Crippen LogP contribution >= 0.6 is 0 Å². The molecule has 2 rings (SSSR count). The van der Waals surface area contributed by atoms with E-state index in [-0.39, 0.29) is 0 Å². The lowest BCUT2D eigenvalue weighted by molar-refractivity contribution is -0.206. The molecular formula is C15H26BNO5. The van der Waals surface area contributed by atoms with Crippen LogP contribution in [0.3, 0.4) is 0 Å². The van der Waals surface area contributed by atoms with Crippen molar-refractivity contribution in [3.8, 4) is 0 Å². The molecule has 0 spiro atoms. The van der Waals surface area contributed by atoms with Crippen molar-refractivity contribution in [2.24, 2.45) is 0 Å². The van der Waals surface area contributed by atoms with Crippen molar-refractivity contribution in [1.82, 2.24) is 5.06 Å². The van der Waals surface area contributed by atoms with Gasteiger partial charge < -0.3 is 19.9 Å². The summed E-state index contributed by atoms with van der Waals surface area (Å²) in [6.07, 6.45) is -0.391. The zero-order valence-corrected chi connectivity index (χ0v) is 13.5. The number of nitrogens with zero attached hydrogens (tertiary/aromatic N) is 1. The maximum Gasteiger partial charge on any atom is 0.488 e. The van der Waals surface area contributed by atoms with Crippen molar-refractivity contribution in [3.63, 3.8) is 0 Å².